The van der Waals surface area contributed by atoms with Gasteiger partial charge < -0.3 is 10.5 Å². The lowest BCUT2D eigenvalue weighted by molar-refractivity contribution is 0.0541. The first-order valence-electron chi connectivity index (χ1n) is 6.73. The molecule has 0 bridgehead atoms. The Bertz CT molecular complexity index is 305. The second-order valence-electron chi connectivity index (χ2n) is 4.33. The molecule has 1 aromatic heterocycles. The fourth-order valence-electron chi connectivity index (χ4n) is 1.93. The minimum Gasteiger partial charge on any atom is -0.377 e. The Kier molecular flexibility index (Phi) is 7.57. The summed E-state index contributed by atoms with van der Waals surface area (Å²) in [7, 11) is 0. The number of aromatic nitrogens is 1. The number of nitrogens with zero attached hydrogens (tertiary/aromatic N) is 2. The molecule has 0 saturated carbocycles. The molecule has 18 heavy (non-hydrogen) atoms. The van der Waals surface area contributed by atoms with Crippen molar-refractivity contribution in [3.8, 4) is 0 Å². The van der Waals surface area contributed by atoms with Gasteiger partial charge in [-0.15, -0.1) is 0 Å². The number of ether oxygens (including phenoxy) is 1. The van der Waals surface area contributed by atoms with Crippen LogP contribution in [0, 0.1) is 0 Å². The van der Waals surface area contributed by atoms with Crippen LogP contribution in [0.25, 0.3) is 0 Å². The minimum atomic E-state index is 0.182. The van der Waals surface area contributed by atoms with Gasteiger partial charge in [0.25, 0.3) is 0 Å². The van der Waals surface area contributed by atoms with Crippen molar-refractivity contribution in [2.75, 3.05) is 26.2 Å². The first kappa shape index (κ1) is 15.1. The molecule has 1 heterocycles. The molecule has 0 spiro atoms. The predicted molar refractivity (Wildman–Crippen MR) is 74.3 cm³/mol. The Morgan fingerprint density at radius 2 is 2.06 bits per heavy atom. The van der Waals surface area contributed by atoms with Crippen LogP contribution < -0.4 is 5.73 Å². The standard InChI is InChI=1S/C14H25N3O/c1-3-17(10-7-14(11-15)18-4-2)12-13-5-8-16-9-6-13/h5-6,8-9,14H,3-4,7,10-12,15H2,1-2H3. The molecule has 1 aromatic rings. The number of rotatable bonds is 9. The van der Waals surface area contributed by atoms with Crippen molar-refractivity contribution in [2.24, 2.45) is 5.73 Å². The van der Waals surface area contributed by atoms with Crippen LogP contribution in [0.5, 0.6) is 0 Å². The highest BCUT2D eigenvalue weighted by molar-refractivity contribution is 5.09. The summed E-state index contributed by atoms with van der Waals surface area (Å²) in [4.78, 5) is 6.44. The van der Waals surface area contributed by atoms with E-state index in [2.05, 4.69) is 28.9 Å². The fourth-order valence-corrected chi connectivity index (χ4v) is 1.93. The van der Waals surface area contributed by atoms with Crippen molar-refractivity contribution < 1.29 is 4.74 Å². The third-order valence-corrected chi connectivity index (χ3v) is 3.04. The highest BCUT2D eigenvalue weighted by Gasteiger charge is 2.09. The van der Waals surface area contributed by atoms with Gasteiger partial charge in [0.15, 0.2) is 0 Å². The summed E-state index contributed by atoms with van der Waals surface area (Å²) in [5, 5.41) is 0. The van der Waals surface area contributed by atoms with Crippen LogP contribution >= 0.6 is 0 Å². The van der Waals surface area contributed by atoms with Crippen molar-refractivity contribution >= 4 is 0 Å². The van der Waals surface area contributed by atoms with Gasteiger partial charge in [-0.05, 0) is 37.6 Å². The van der Waals surface area contributed by atoms with Gasteiger partial charge in [0.05, 0.1) is 6.10 Å². The lowest BCUT2D eigenvalue weighted by atomic mass is 10.2. The molecule has 0 aromatic carbocycles. The van der Waals surface area contributed by atoms with E-state index in [1.807, 2.05) is 19.3 Å². The number of hydrogen-bond donors (Lipinski definition) is 1. The van der Waals surface area contributed by atoms with E-state index in [1.54, 1.807) is 0 Å². The monoisotopic (exact) mass is 251 g/mol. The second-order valence-corrected chi connectivity index (χ2v) is 4.33. The molecule has 102 valence electrons. The van der Waals surface area contributed by atoms with Crippen LogP contribution in [0.3, 0.4) is 0 Å². The number of pyridine rings is 1. The maximum Gasteiger partial charge on any atom is 0.0709 e. The lowest BCUT2D eigenvalue weighted by Gasteiger charge is -2.23. The van der Waals surface area contributed by atoms with Crippen LogP contribution in [0.2, 0.25) is 0 Å². The molecule has 0 radical (unpaired) electrons. The van der Waals surface area contributed by atoms with E-state index in [0.29, 0.717) is 6.54 Å². The Morgan fingerprint density at radius 1 is 1.33 bits per heavy atom. The molecule has 0 aliphatic heterocycles. The summed E-state index contributed by atoms with van der Waals surface area (Å²) < 4.78 is 5.57. The van der Waals surface area contributed by atoms with Gasteiger partial charge in [0, 0.05) is 38.6 Å². The van der Waals surface area contributed by atoms with Gasteiger partial charge in [-0.3, -0.25) is 9.88 Å². The van der Waals surface area contributed by atoms with Crippen molar-refractivity contribution in [1.82, 2.24) is 9.88 Å². The average Bonchev–Trinajstić information content (AvgIpc) is 2.43. The molecule has 0 aliphatic carbocycles. The first-order valence-corrected chi connectivity index (χ1v) is 6.73. The van der Waals surface area contributed by atoms with E-state index in [1.165, 1.54) is 5.56 Å². The normalized spacial score (nSPS) is 12.9. The third-order valence-electron chi connectivity index (χ3n) is 3.04. The van der Waals surface area contributed by atoms with E-state index in [9.17, 15) is 0 Å². The molecule has 0 saturated heterocycles. The molecule has 1 unspecified atom stereocenters. The maximum absolute atomic E-state index is 5.69. The Balaban J connectivity index is 2.37. The largest absolute Gasteiger partial charge is 0.377 e. The van der Waals surface area contributed by atoms with Crippen LogP contribution in [-0.4, -0.2) is 42.2 Å². The van der Waals surface area contributed by atoms with E-state index in [-0.39, 0.29) is 6.10 Å². The zero-order chi connectivity index (χ0) is 13.2. The van der Waals surface area contributed by atoms with Crippen molar-refractivity contribution in [3.63, 3.8) is 0 Å². The summed E-state index contributed by atoms with van der Waals surface area (Å²) in [6.07, 6.45) is 4.85. The Labute approximate surface area is 110 Å². The summed E-state index contributed by atoms with van der Waals surface area (Å²) in [5.41, 5.74) is 6.99. The zero-order valence-corrected chi connectivity index (χ0v) is 11.5. The van der Waals surface area contributed by atoms with Crippen molar-refractivity contribution in [2.45, 2.75) is 32.9 Å². The smallest absolute Gasteiger partial charge is 0.0709 e. The Hall–Kier alpha value is -0.970. The fraction of sp³-hybridized carbons (Fsp3) is 0.643. The molecule has 4 heteroatoms. The van der Waals surface area contributed by atoms with E-state index in [4.69, 9.17) is 10.5 Å². The maximum atomic E-state index is 5.69. The van der Waals surface area contributed by atoms with Crippen molar-refractivity contribution in [1.29, 1.82) is 0 Å². The van der Waals surface area contributed by atoms with Crippen LogP contribution in [0.15, 0.2) is 24.5 Å². The van der Waals surface area contributed by atoms with E-state index >= 15 is 0 Å². The third kappa shape index (κ3) is 5.58. The van der Waals surface area contributed by atoms with Gasteiger partial charge in [-0.2, -0.15) is 0 Å². The second kappa shape index (κ2) is 9.03. The highest BCUT2D eigenvalue weighted by Crippen LogP contribution is 2.06. The van der Waals surface area contributed by atoms with Gasteiger partial charge in [-0.1, -0.05) is 6.92 Å². The molecule has 1 rings (SSSR count). The molecule has 0 aliphatic rings. The molecule has 0 fully saturated rings. The summed E-state index contributed by atoms with van der Waals surface area (Å²) in [6, 6.07) is 4.12. The molecular formula is C14H25N3O. The SMILES string of the molecule is CCOC(CN)CCN(CC)Cc1ccncc1. The summed E-state index contributed by atoms with van der Waals surface area (Å²) >= 11 is 0. The molecule has 2 N–H and O–H groups in total. The molecule has 0 amide bonds. The molecular weight excluding hydrogens is 226 g/mol. The summed E-state index contributed by atoms with van der Waals surface area (Å²) in [5.74, 6) is 0. The number of nitrogens with two attached hydrogens (primary N) is 1. The number of hydrogen-bond acceptors (Lipinski definition) is 4. The quantitative estimate of drug-likeness (QED) is 0.725. The van der Waals surface area contributed by atoms with Gasteiger partial charge in [0.2, 0.25) is 0 Å². The Morgan fingerprint density at radius 3 is 2.61 bits per heavy atom. The average molecular weight is 251 g/mol. The van der Waals surface area contributed by atoms with Gasteiger partial charge in [-0.25, -0.2) is 0 Å². The highest BCUT2D eigenvalue weighted by atomic mass is 16.5. The lowest BCUT2D eigenvalue weighted by Crippen LogP contribution is -2.31. The van der Waals surface area contributed by atoms with E-state index < -0.39 is 0 Å². The summed E-state index contributed by atoms with van der Waals surface area (Å²) in [6.45, 7) is 8.53. The zero-order valence-electron chi connectivity index (χ0n) is 11.5. The van der Waals surface area contributed by atoms with Crippen molar-refractivity contribution in [3.05, 3.63) is 30.1 Å². The topological polar surface area (TPSA) is 51.4 Å². The first-order chi connectivity index (χ1) is 8.80. The van der Waals surface area contributed by atoms with Gasteiger partial charge >= 0.3 is 0 Å². The minimum absolute atomic E-state index is 0.182. The van der Waals surface area contributed by atoms with Crippen LogP contribution in [-0.2, 0) is 11.3 Å². The van der Waals surface area contributed by atoms with Crippen LogP contribution in [0.4, 0.5) is 0 Å². The van der Waals surface area contributed by atoms with E-state index in [0.717, 1.165) is 32.7 Å². The predicted octanol–water partition coefficient (Wildman–Crippen LogP) is 1.66. The van der Waals surface area contributed by atoms with Gasteiger partial charge in [0.1, 0.15) is 0 Å². The molecule has 1 atom stereocenters. The molecule has 4 nitrogen and oxygen atoms in total. The van der Waals surface area contributed by atoms with Crippen LogP contribution in [0.1, 0.15) is 25.8 Å².